The summed E-state index contributed by atoms with van der Waals surface area (Å²) in [6.45, 7) is 0. The van der Waals surface area contributed by atoms with Crippen molar-refractivity contribution in [3.05, 3.63) is 35.6 Å². The molecule has 0 bridgehead atoms. The maximum atomic E-state index is 13.8. The summed E-state index contributed by atoms with van der Waals surface area (Å²) in [7, 11) is 0. The van der Waals surface area contributed by atoms with Crippen LogP contribution in [-0.4, -0.2) is 45.9 Å². The standard InChI is InChI=1S/C18H21FN2O4/c19-13-7-3-2-6-12(13)16(22)20-14-8-4-1-5-11-9-10-15(18(24)25)21(11)17(14)23/h2-3,6-7,11,14-15H,1,4-5,8-10H2,(H,20,22)(H,24,25)/t11-,14-,15-/m0/s1. The molecule has 2 fully saturated rings. The van der Waals surface area contributed by atoms with Gasteiger partial charge in [0.05, 0.1) is 5.56 Å². The Balaban J connectivity index is 1.80. The number of carboxylic acids is 1. The Kier molecular flexibility index (Phi) is 5.01. The highest BCUT2D eigenvalue weighted by molar-refractivity contribution is 5.98. The lowest BCUT2D eigenvalue weighted by Crippen LogP contribution is -2.55. The zero-order valence-corrected chi connectivity index (χ0v) is 13.8. The number of amides is 2. The highest BCUT2D eigenvalue weighted by Crippen LogP contribution is 2.31. The molecular formula is C18H21FN2O4. The van der Waals surface area contributed by atoms with Gasteiger partial charge in [0.1, 0.15) is 17.9 Å². The van der Waals surface area contributed by atoms with Crippen LogP contribution in [0.4, 0.5) is 4.39 Å². The lowest BCUT2D eigenvalue weighted by molar-refractivity contribution is -0.151. The van der Waals surface area contributed by atoms with Gasteiger partial charge in [-0.05, 0) is 37.8 Å². The van der Waals surface area contributed by atoms with Gasteiger partial charge in [0.15, 0.2) is 0 Å². The van der Waals surface area contributed by atoms with Crippen molar-refractivity contribution in [2.24, 2.45) is 0 Å². The van der Waals surface area contributed by atoms with Crippen molar-refractivity contribution in [3.63, 3.8) is 0 Å². The Bertz CT molecular complexity index is 693. The summed E-state index contributed by atoms with van der Waals surface area (Å²) in [6, 6.07) is 3.82. The molecule has 1 aromatic rings. The number of halogens is 1. The van der Waals surface area contributed by atoms with Crippen LogP contribution in [0.15, 0.2) is 24.3 Å². The quantitative estimate of drug-likeness (QED) is 0.874. The monoisotopic (exact) mass is 348 g/mol. The molecule has 1 aromatic carbocycles. The van der Waals surface area contributed by atoms with E-state index in [1.165, 1.54) is 23.1 Å². The van der Waals surface area contributed by atoms with Crippen molar-refractivity contribution in [1.82, 2.24) is 10.2 Å². The fraction of sp³-hybridized carbons (Fsp3) is 0.500. The number of nitrogens with one attached hydrogen (secondary N) is 1. The van der Waals surface area contributed by atoms with Gasteiger partial charge >= 0.3 is 5.97 Å². The molecule has 3 atom stereocenters. The number of benzene rings is 1. The molecule has 2 saturated heterocycles. The van der Waals surface area contributed by atoms with Crippen LogP contribution in [0.3, 0.4) is 0 Å². The molecule has 0 aliphatic carbocycles. The van der Waals surface area contributed by atoms with Crippen LogP contribution in [0.25, 0.3) is 0 Å². The van der Waals surface area contributed by atoms with Crippen molar-refractivity contribution < 1.29 is 23.9 Å². The third kappa shape index (κ3) is 3.50. The second-order valence-electron chi connectivity index (χ2n) is 6.62. The minimum Gasteiger partial charge on any atom is -0.480 e. The van der Waals surface area contributed by atoms with Gasteiger partial charge in [0.2, 0.25) is 5.91 Å². The van der Waals surface area contributed by atoms with E-state index < -0.39 is 29.8 Å². The fourth-order valence-electron chi connectivity index (χ4n) is 3.79. The maximum Gasteiger partial charge on any atom is 0.326 e. The van der Waals surface area contributed by atoms with Gasteiger partial charge in [-0.3, -0.25) is 9.59 Å². The summed E-state index contributed by atoms with van der Waals surface area (Å²) in [4.78, 5) is 38.1. The summed E-state index contributed by atoms with van der Waals surface area (Å²) in [6.07, 6.45) is 3.93. The molecule has 2 aliphatic heterocycles. The van der Waals surface area contributed by atoms with E-state index in [9.17, 15) is 23.9 Å². The number of carbonyl (C=O) groups is 3. The van der Waals surface area contributed by atoms with Gasteiger partial charge in [-0.25, -0.2) is 9.18 Å². The van der Waals surface area contributed by atoms with Crippen LogP contribution in [0.1, 0.15) is 48.9 Å². The lowest BCUT2D eigenvalue weighted by Gasteiger charge is -2.34. The number of nitrogens with zero attached hydrogens (tertiary/aromatic N) is 1. The molecule has 0 saturated carbocycles. The Morgan fingerprint density at radius 2 is 1.84 bits per heavy atom. The lowest BCUT2D eigenvalue weighted by atomic mass is 9.98. The van der Waals surface area contributed by atoms with E-state index in [0.29, 0.717) is 19.3 Å². The average molecular weight is 348 g/mol. The van der Waals surface area contributed by atoms with Crippen molar-refractivity contribution >= 4 is 17.8 Å². The van der Waals surface area contributed by atoms with E-state index in [1.54, 1.807) is 6.07 Å². The van der Waals surface area contributed by atoms with Gasteiger partial charge in [0.25, 0.3) is 5.91 Å². The molecule has 7 heteroatoms. The molecule has 2 aliphatic rings. The SMILES string of the molecule is O=C(N[C@H]1CCCC[C@H]2CC[C@@H](C(=O)O)N2C1=O)c1ccccc1F. The van der Waals surface area contributed by atoms with Gasteiger partial charge in [0, 0.05) is 6.04 Å². The first kappa shape index (κ1) is 17.4. The molecule has 2 N–H and O–H groups in total. The molecule has 2 heterocycles. The van der Waals surface area contributed by atoms with Crippen LogP contribution >= 0.6 is 0 Å². The van der Waals surface area contributed by atoms with Crippen molar-refractivity contribution in [2.45, 2.75) is 56.7 Å². The van der Waals surface area contributed by atoms with Crippen LogP contribution in [0.5, 0.6) is 0 Å². The summed E-state index contributed by atoms with van der Waals surface area (Å²) in [5.74, 6) is -2.70. The van der Waals surface area contributed by atoms with E-state index in [0.717, 1.165) is 19.3 Å². The Morgan fingerprint density at radius 3 is 2.56 bits per heavy atom. The summed E-state index contributed by atoms with van der Waals surface area (Å²) in [5, 5.41) is 12.0. The smallest absolute Gasteiger partial charge is 0.326 e. The Morgan fingerprint density at radius 1 is 1.12 bits per heavy atom. The summed E-state index contributed by atoms with van der Waals surface area (Å²) >= 11 is 0. The molecule has 134 valence electrons. The second kappa shape index (κ2) is 7.21. The number of rotatable bonds is 3. The second-order valence-corrected chi connectivity index (χ2v) is 6.62. The number of carboxylic acid groups (broad SMARTS) is 1. The zero-order chi connectivity index (χ0) is 18.0. The molecule has 0 aromatic heterocycles. The molecule has 6 nitrogen and oxygen atoms in total. The minimum absolute atomic E-state index is 0.0956. The third-order valence-electron chi connectivity index (χ3n) is 5.04. The van der Waals surface area contributed by atoms with Crippen LogP contribution < -0.4 is 5.32 Å². The maximum absolute atomic E-state index is 13.8. The van der Waals surface area contributed by atoms with Gasteiger partial charge < -0.3 is 15.3 Å². The molecule has 0 radical (unpaired) electrons. The molecule has 2 amide bonds. The normalized spacial score (nSPS) is 26.5. The fourth-order valence-corrected chi connectivity index (χ4v) is 3.79. The van der Waals surface area contributed by atoms with Crippen LogP contribution in [0, 0.1) is 5.82 Å². The van der Waals surface area contributed by atoms with E-state index in [4.69, 9.17) is 0 Å². The first-order chi connectivity index (χ1) is 12.0. The zero-order valence-electron chi connectivity index (χ0n) is 13.8. The van der Waals surface area contributed by atoms with Crippen molar-refractivity contribution in [3.8, 4) is 0 Å². The van der Waals surface area contributed by atoms with Gasteiger partial charge in [-0.2, -0.15) is 0 Å². The van der Waals surface area contributed by atoms with E-state index in [1.807, 2.05) is 0 Å². The Hall–Kier alpha value is -2.44. The highest BCUT2D eigenvalue weighted by Gasteiger charge is 2.43. The molecular weight excluding hydrogens is 327 g/mol. The van der Waals surface area contributed by atoms with Crippen LogP contribution in [0.2, 0.25) is 0 Å². The average Bonchev–Trinajstić information content (AvgIpc) is 2.99. The van der Waals surface area contributed by atoms with Crippen molar-refractivity contribution in [1.29, 1.82) is 0 Å². The molecule has 0 unspecified atom stereocenters. The third-order valence-corrected chi connectivity index (χ3v) is 5.04. The minimum atomic E-state index is -1.02. The van der Waals surface area contributed by atoms with E-state index >= 15 is 0 Å². The summed E-state index contributed by atoms with van der Waals surface area (Å²) < 4.78 is 13.8. The van der Waals surface area contributed by atoms with Gasteiger partial charge in [-0.1, -0.05) is 25.0 Å². The number of hydrogen-bond acceptors (Lipinski definition) is 3. The first-order valence-electron chi connectivity index (χ1n) is 8.59. The number of hydrogen-bond donors (Lipinski definition) is 2. The molecule has 25 heavy (non-hydrogen) atoms. The number of aliphatic carboxylic acids is 1. The predicted octanol–water partition coefficient (Wildman–Crippen LogP) is 1.94. The number of carbonyl (C=O) groups excluding carboxylic acids is 2. The largest absolute Gasteiger partial charge is 0.480 e. The van der Waals surface area contributed by atoms with Crippen LogP contribution in [-0.2, 0) is 9.59 Å². The van der Waals surface area contributed by atoms with E-state index in [2.05, 4.69) is 5.32 Å². The molecule has 0 spiro atoms. The van der Waals surface area contributed by atoms with Crippen molar-refractivity contribution in [2.75, 3.05) is 0 Å². The predicted molar refractivity (Wildman–Crippen MR) is 87.4 cm³/mol. The van der Waals surface area contributed by atoms with Gasteiger partial charge in [-0.15, -0.1) is 0 Å². The Labute approximate surface area is 145 Å². The first-order valence-corrected chi connectivity index (χ1v) is 8.59. The van der Waals surface area contributed by atoms with E-state index in [-0.39, 0.29) is 17.5 Å². The topological polar surface area (TPSA) is 86.7 Å². The summed E-state index contributed by atoms with van der Waals surface area (Å²) in [5.41, 5.74) is -0.120. The molecule has 3 rings (SSSR count). The highest BCUT2D eigenvalue weighted by atomic mass is 19.1. The number of fused-ring (bicyclic) bond motifs is 1.